The lowest BCUT2D eigenvalue weighted by Crippen LogP contribution is -2.41. The maximum absolute atomic E-state index is 11.0. The number of nitriles is 1. The molecular weight excluding hydrogens is 180 g/mol. The quantitative estimate of drug-likeness (QED) is 0.370. The van der Waals surface area contributed by atoms with Crippen molar-refractivity contribution in [3.8, 4) is 6.07 Å². The first-order chi connectivity index (χ1) is 6.52. The fourth-order valence-electron chi connectivity index (χ4n) is 1.18. The van der Waals surface area contributed by atoms with Crippen LogP contribution in [0.1, 0.15) is 26.7 Å². The van der Waals surface area contributed by atoms with Crippen LogP contribution in [0.4, 0.5) is 0 Å². The molecule has 0 aromatic rings. The van der Waals surface area contributed by atoms with E-state index in [9.17, 15) is 4.79 Å². The highest BCUT2D eigenvalue weighted by Gasteiger charge is 2.17. The highest BCUT2D eigenvalue weighted by Crippen LogP contribution is 2.08. The molecule has 0 aliphatic rings. The van der Waals surface area contributed by atoms with Gasteiger partial charge in [-0.2, -0.15) is 5.26 Å². The zero-order chi connectivity index (χ0) is 11.1. The van der Waals surface area contributed by atoms with Gasteiger partial charge in [-0.25, -0.2) is 5.84 Å². The highest BCUT2D eigenvalue weighted by molar-refractivity contribution is 5.75. The molecule has 2 atom stereocenters. The van der Waals surface area contributed by atoms with E-state index in [0.29, 0.717) is 12.8 Å². The summed E-state index contributed by atoms with van der Waals surface area (Å²) in [6.45, 7) is 3.89. The van der Waals surface area contributed by atoms with Crippen LogP contribution >= 0.6 is 0 Å². The number of carbonyl (C=O) groups is 1. The maximum Gasteiger partial charge on any atom is 0.235 e. The van der Waals surface area contributed by atoms with E-state index in [1.807, 2.05) is 25.8 Å². The van der Waals surface area contributed by atoms with E-state index in [4.69, 9.17) is 11.1 Å². The first kappa shape index (κ1) is 12.9. The number of nitrogens with one attached hydrogen (secondary N) is 1. The van der Waals surface area contributed by atoms with Gasteiger partial charge in [-0.3, -0.25) is 15.1 Å². The minimum atomic E-state index is -0.187. The molecule has 0 saturated carbocycles. The average Bonchev–Trinajstić information content (AvgIpc) is 2.16. The molecule has 0 saturated heterocycles. The molecule has 0 heterocycles. The summed E-state index contributed by atoms with van der Waals surface area (Å²) < 4.78 is 0. The summed E-state index contributed by atoms with van der Waals surface area (Å²) >= 11 is 0. The van der Waals surface area contributed by atoms with Gasteiger partial charge in [0.15, 0.2) is 0 Å². The predicted octanol–water partition coefficient (Wildman–Crippen LogP) is -0.0111. The van der Waals surface area contributed by atoms with Crippen LogP contribution in [0.25, 0.3) is 0 Å². The Hall–Kier alpha value is -1.12. The monoisotopic (exact) mass is 198 g/mol. The Balaban J connectivity index is 4.05. The topological polar surface area (TPSA) is 82.2 Å². The second kappa shape index (κ2) is 6.35. The van der Waals surface area contributed by atoms with Crippen molar-refractivity contribution in [2.24, 2.45) is 5.84 Å². The molecule has 0 aromatic carbocycles. The molecule has 0 aliphatic carbocycles. The Bertz CT molecular complexity index is 223. The number of hydrazine groups is 1. The standard InChI is InChI=1S/C9H18N4O/c1-7(4-5-10)13(3)8(2)6-9(14)12-11/h7-8H,4,6,11H2,1-3H3,(H,12,14). The lowest BCUT2D eigenvalue weighted by molar-refractivity contribution is -0.122. The Morgan fingerprint density at radius 2 is 2.14 bits per heavy atom. The molecule has 0 fully saturated rings. The summed E-state index contributed by atoms with van der Waals surface area (Å²) in [4.78, 5) is 13.0. The van der Waals surface area contributed by atoms with Crippen molar-refractivity contribution in [3.05, 3.63) is 0 Å². The molecule has 0 bridgehead atoms. The van der Waals surface area contributed by atoms with E-state index >= 15 is 0 Å². The van der Waals surface area contributed by atoms with Crippen LogP contribution < -0.4 is 11.3 Å². The SMILES string of the molecule is CC(CC#N)N(C)C(C)CC(=O)NN. The first-order valence-electron chi connectivity index (χ1n) is 4.61. The normalized spacial score (nSPS) is 14.6. The van der Waals surface area contributed by atoms with Crippen molar-refractivity contribution >= 4 is 5.91 Å². The zero-order valence-electron chi connectivity index (χ0n) is 8.95. The van der Waals surface area contributed by atoms with Crippen molar-refractivity contribution in [2.75, 3.05) is 7.05 Å². The highest BCUT2D eigenvalue weighted by atomic mass is 16.2. The molecule has 14 heavy (non-hydrogen) atoms. The molecule has 5 heteroatoms. The van der Waals surface area contributed by atoms with Crippen LogP contribution in [-0.2, 0) is 4.79 Å². The molecule has 0 spiro atoms. The minimum absolute atomic E-state index is 0.0851. The van der Waals surface area contributed by atoms with E-state index in [2.05, 4.69) is 11.5 Å². The lowest BCUT2D eigenvalue weighted by Gasteiger charge is -2.28. The minimum Gasteiger partial charge on any atom is -0.299 e. The van der Waals surface area contributed by atoms with Gasteiger partial charge in [-0.05, 0) is 20.9 Å². The molecular formula is C9H18N4O. The van der Waals surface area contributed by atoms with E-state index in [0.717, 1.165) is 0 Å². The average molecular weight is 198 g/mol. The number of hydrogen-bond acceptors (Lipinski definition) is 4. The van der Waals surface area contributed by atoms with Gasteiger partial charge in [-0.15, -0.1) is 0 Å². The predicted molar refractivity (Wildman–Crippen MR) is 53.9 cm³/mol. The van der Waals surface area contributed by atoms with Crippen molar-refractivity contribution in [1.82, 2.24) is 10.3 Å². The van der Waals surface area contributed by atoms with Gasteiger partial charge in [0, 0.05) is 18.5 Å². The Kier molecular flexibility index (Phi) is 5.84. The lowest BCUT2D eigenvalue weighted by atomic mass is 10.1. The number of nitrogens with two attached hydrogens (primary N) is 1. The molecule has 3 N–H and O–H groups in total. The fourth-order valence-corrected chi connectivity index (χ4v) is 1.18. The third-order valence-corrected chi connectivity index (χ3v) is 2.42. The summed E-state index contributed by atoms with van der Waals surface area (Å²) in [5.74, 6) is 4.80. The molecule has 0 rings (SSSR count). The second-order valence-corrected chi connectivity index (χ2v) is 3.50. The van der Waals surface area contributed by atoms with Gasteiger partial charge in [0.05, 0.1) is 12.5 Å². The fraction of sp³-hybridized carbons (Fsp3) is 0.778. The third-order valence-electron chi connectivity index (χ3n) is 2.42. The van der Waals surface area contributed by atoms with Crippen LogP contribution in [0.3, 0.4) is 0 Å². The second-order valence-electron chi connectivity index (χ2n) is 3.50. The summed E-state index contributed by atoms with van der Waals surface area (Å²) in [5.41, 5.74) is 2.09. The van der Waals surface area contributed by atoms with Gasteiger partial charge in [0.25, 0.3) is 0 Å². The smallest absolute Gasteiger partial charge is 0.235 e. The van der Waals surface area contributed by atoms with Crippen molar-refractivity contribution in [1.29, 1.82) is 5.26 Å². The van der Waals surface area contributed by atoms with Crippen LogP contribution in [-0.4, -0.2) is 29.9 Å². The van der Waals surface area contributed by atoms with Crippen LogP contribution in [0.15, 0.2) is 0 Å². The molecule has 5 nitrogen and oxygen atoms in total. The Labute approximate surface area is 84.8 Å². The Morgan fingerprint density at radius 3 is 2.57 bits per heavy atom. The van der Waals surface area contributed by atoms with Gasteiger partial charge in [-0.1, -0.05) is 0 Å². The third kappa shape index (κ3) is 4.21. The Morgan fingerprint density at radius 1 is 1.57 bits per heavy atom. The van der Waals surface area contributed by atoms with Crippen molar-refractivity contribution in [2.45, 2.75) is 38.8 Å². The molecule has 2 unspecified atom stereocenters. The largest absolute Gasteiger partial charge is 0.299 e. The summed E-state index contributed by atoms with van der Waals surface area (Å²) in [6, 6.07) is 2.34. The number of rotatable bonds is 5. The number of amides is 1. The van der Waals surface area contributed by atoms with E-state index < -0.39 is 0 Å². The van der Waals surface area contributed by atoms with Gasteiger partial charge >= 0.3 is 0 Å². The van der Waals surface area contributed by atoms with Gasteiger partial charge in [0.2, 0.25) is 5.91 Å². The van der Waals surface area contributed by atoms with E-state index in [-0.39, 0.29) is 18.0 Å². The number of carbonyl (C=O) groups excluding carboxylic acids is 1. The summed E-state index contributed by atoms with van der Waals surface area (Å²) in [7, 11) is 1.90. The summed E-state index contributed by atoms with van der Waals surface area (Å²) in [5, 5.41) is 8.52. The maximum atomic E-state index is 11.0. The first-order valence-corrected chi connectivity index (χ1v) is 4.61. The van der Waals surface area contributed by atoms with Crippen LogP contribution in [0.5, 0.6) is 0 Å². The summed E-state index contributed by atoms with van der Waals surface area (Å²) in [6.07, 6.45) is 0.813. The zero-order valence-corrected chi connectivity index (χ0v) is 8.95. The molecule has 0 radical (unpaired) electrons. The molecule has 0 aromatic heterocycles. The van der Waals surface area contributed by atoms with Crippen LogP contribution in [0.2, 0.25) is 0 Å². The van der Waals surface area contributed by atoms with Crippen molar-refractivity contribution < 1.29 is 4.79 Å². The van der Waals surface area contributed by atoms with Crippen LogP contribution in [0, 0.1) is 11.3 Å². The molecule has 80 valence electrons. The molecule has 1 amide bonds. The number of hydrogen-bond donors (Lipinski definition) is 2. The van der Waals surface area contributed by atoms with Crippen molar-refractivity contribution in [3.63, 3.8) is 0 Å². The van der Waals surface area contributed by atoms with E-state index in [1.54, 1.807) is 0 Å². The van der Waals surface area contributed by atoms with Gasteiger partial charge < -0.3 is 0 Å². The van der Waals surface area contributed by atoms with Gasteiger partial charge in [0.1, 0.15) is 0 Å². The number of nitrogens with zero attached hydrogens (tertiary/aromatic N) is 2. The van der Waals surface area contributed by atoms with E-state index in [1.165, 1.54) is 0 Å². The molecule has 0 aliphatic heterocycles.